The van der Waals surface area contributed by atoms with Gasteiger partial charge in [-0.25, -0.2) is 4.39 Å². The number of anilines is 1. The Morgan fingerprint density at radius 1 is 1.22 bits per heavy atom. The molecule has 2 aromatic carbocycles. The molecule has 0 fully saturated rings. The molecule has 4 nitrogen and oxygen atoms in total. The van der Waals surface area contributed by atoms with E-state index < -0.39 is 11.8 Å². The summed E-state index contributed by atoms with van der Waals surface area (Å²) in [5.41, 5.74) is 2.40. The van der Waals surface area contributed by atoms with Gasteiger partial charge in [0.1, 0.15) is 17.5 Å². The maximum Gasteiger partial charge on any atom is 0.205 e. The Labute approximate surface area is 134 Å². The smallest absolute Gasteiger partial charge is 0.205 e. The summed E-state index contributed by atoms with van der Waals surface area (Å²) in [6.45, 7) is 0. The van der Waals surface area contributed by atoms with Crippen molar-refractivity contribution in [3.8, 4) is 11.8 Å². The van der Waals surface area contributed by atoms with Gasteiger partial charge in [0.2, 0.25) is 5.90 Å². The van der Waals surface area contributed by atoms with E-state index in [1.54, 1.807) is 12.1 Å². The van der Waals surface area contributed by atoms with E-state index in [4.69, 9.17) is 10.1 Å². The second-order valence-corrected chi connectivity index (χ2v) is 5.72. The summed E-state index contributed by atoms with van der Waals surface area (Å²) in [4.78, 5) is 1.93. The molecule has 116 valence electrons. The number of benzene rings is 2. The van der Waals surface area contributed by atoms with Crippen LogP contribution in [0.5, 0.6) is 5.75 Å². The van der Waals surface area contributed by atoms with E-state index in [2.05, 4.69) is 6.07 Å². The number of nitriles is 1. The first-order valence-electron chi connectivity index (χ1n) is 7.24. The van der Waals surface area contributed by atoms with Gasteiger partial charge in [-0.05, 0) is 23.8 Å². The zero-order chi connectivity index (χ0) is 16.6. The van der Waals surface area contributed by atoms with Crippen LogP contribution in [0.25, 0.3) is 0 Å². The van der Waals surface area contributed by atoms with Crippen LogP contribution in [0.15, 0.2) is 42.5 Å². The van der Waals surface area contributed by atoms with E-state index >= 15 is 0 Å². The normalized spacial score (nSPS) is 19.5. The van der Waals surface area contributed by atoms with Crippen molar-refractivity contribution in [1.82, 2.24) is 0 Å². The maximum absolute atomic E-state index is 13.6. The van der Waals surface area contributed by atoms with Crippen molar-refractivity contribution in [3.63, 3.8) is 0 Å². The largest absolute Gasteiger partial charge is 0.442 e. The molecule has 23 heavy (non-hydrogen) atoms. The maximum atomic E-state index is 13.6. The summed E-state index contributed by atoms with van der Waals surface area (Å²) in [6.07, 6.45) is 0. The summed E-state index contributed by atoms with van der Waals surface area (Å²) < 4.78 is 19.2. The van der Waals surface area contributed by atoms with Crippen LogP contribution >= 0.6 is 0 Å². The monoisotopic (exact) mass is 309 g/mol. The van der Waals surface area contributed by atoms with Gasteiger partial charge in [0.05, 0.1) is 6.07 Å². The minimum atomic E-state index is -0.769. The zero-order valence-corrected chi connectivity index (χ0v) is 12.9. The van der Waals surface area contributed by atoms with E-state index in [0.29, 0.717) is 11.3 Å². The highest BCUT2D eigenvalue weighted by molar-refractivity contribution is 5.85. The van der Waals surface area contributed by atoms with Crippen LogP contribution in [0, 0.1) is 28.5 Å². The van der Waals surface area contributed by atoms with Crippen molar-refractivity contribution in [2.24, 2.45) is 5.92 Å². The fourth-order valence-electron chi connectivity index (χ4n) is 2.86. The Kier molecular flexibility index (Phi) is 3.75. The SMILES string of the molecule is CN(C)c1ccc2c(c1)OC(=N)C(C#N)C2c1cccc(F)c1. The second-order valence-electron chi connectivity index (χ2n) is 5.72. The van der Waals surface area contributed by atoms with Crippen LogP contribution in [0.2, 0.25) is 0 Å². The lowest BCUT2D eigenvalue weighted by atomic mass is 9.79. The van der Waals surface area contributed by atoms with E-state index in [1.165, 1.54) is 12.1 Å². The molecule has 0 bridgehead atoms. The van der Waals surface area contributed by atoms with Crippen molar-refractivity contribution >= 4 is 11.6 Å². The Hall–Kier alpha value is -2.87. The third-order valence-electron chi connectivity index (χ3n) is 4.03. The highest BCUT2D eigenvalue weighted by Gasteiger charge is 2.37. The molecule has 1 heterocycles. The van der Waals surface area contributed by atoms with Gasteiger partial charge in [-0.15, -0.1) is 0 Å². The van der Waals surface area contributed by atoms with Gasteiger partial charge < -0.3 is 9.64 Å². The molecular weight excluding hydrogens is 293 g/mol. The molecule has 0 saturated carbocycles. The van der Waals surface area contributed by atoms with Gasteiger partial charge in [0.15, 0.2) is 0 Å². The molecule has 2 aromatic rings. The van der Waals surface area contributed by atoms with Crippen LogP contribution in [-0.4, -0.2) is 20.0 Å². The molecule has 3 rings (SSSR count). The Balaban J connectivity index is 2.17. The summed E-state index contributed by atoms with van der Waals surface area (Å²) in [6, 6.07) is 13.9. The molecule has 0 aromatic heterocycles. The third-order valence-corrected chi connectivity index (χ3v) is 4.03. The van der Waals surface area contributed by atoms with E-state index in [1.807, 2.05) is 37.2 Å². The van der Waals surface area contributed by atoms with Crippen LogP contribution in [-0.2, 0) is 0 Å². The van der Waals surface area contributed by atoms with Gasteiger partial charge in [-0.3, -0.25) is 5.41 Å². The Morgan fingerprint density at radius 2 is 2.00 bits per heavy atom. The molecule has 0 radical (unpaired) electrons. The number of ether oxygens (including phenoxy) is 1. The molecule has 0 spiro atoms. The van der Waals surface area contributed by atoms with Crippen LogP contribution in [0.3, 0.4) is 0 Å². The summed E-state index contributed by atoms with van der Waals surface area (Å²) in [7, 11) is 3.83. The fourth-order valence-corrected chi connectivity index (χ4v) is 2.86. The topological polar surface area (TPSA) is 60.1 Å². The van der Waals surface area contributed by atoms with Gasteiger partial charge in [-0.1, -0.05) is 18.2 Å². The molecule has 1 aliphatic rings. The minimum Gasteiger partial charge on any atom is -0.442 e. The molecule has 5 heteroatoms. The van der Waals surface area contributed by atoms with E-state index in [-0.39, 0.29) is 11.7 Å². The average molecular weight is 309 g/mol. The summed E-state index contributed by atoms with van der Waals surface area (Å²) in [5.74, 6) is -1.10. The molecule has 1 N–H and O–H groups in total. The number of hydrogen-bond acceptors (Lipinski definition) is 4. The van der Waals surface area contributed by atoms with Gasteiger partial charge in [0.25, 0.3) is 0 Å². The lowest BCUT2D eigenvalue weighted by Gasteiger charge is -2.31. The standard InChI is InChI=1S/C18H16FN3O/c1-22(2)13-6-7-14-16(9-13)23-18(21)15(10-20)17(14)11-4-3-5-12(19)8-11/h3-9,15,17,21H,1-2H3. The summed E-state index contributed by atoms with van der Waals surface area (Å²) >= 11 is 0. The van der Waals surface area contributed by atoms with Gasteiger partial charge in [0, 0.05) is 37.3 Å². The predicted octanol–water partition coefficient (Wildman–Crippen LogP) is 3.53. The molecule has 0 amide bonds. The second kappa shape index (κ2) is 5.73. The highest BCUT2D eigenvalue weighted by atomic mass is 19.1. The lowest BCUT2D eigenvalue weighted by molar-refractivity contribution is 0.450. The van der Waals surface area contributed by atoms with Crippen LogP contribution in [0.4, 0.5) is 10.1 Å². The van der Waals surface area contributed by atoms with Gasteiger partial charge in [-0.2, -0.15) is 5.26 Å². The highest BCUT2D eigenvalue weighted by Crippen LogP contribution is 2.43. The Bertz CT molecular complexity index is 810. The quantitative estimate of drug-likeness (QED) is 0.923. The van der Waals surface area contributed by atoms with Crippen LogP contribution in [0.1, 0.15) is 17.0 Å². The number of halogens is 1. The lowest BCUT2D eigenvalue weighted by Crippen LogP contribution is -2.31. The first kappa shape index (κ1) is 15.0. The Morgan fingerprint density at radius 3 is 2.65 bits per heavy atom. The zero-order valence-electron chi connectivity index (χ0n) is 12.9. The van der Waals surface area contributed by atoms with Crippen molar-refractivity contribution in [1.29, 1.82) is 10.7 Å². The number of nitrogens with one attached hydrogen (secondary N) is 1. The average Bonchev–Trinajstić information content (AvgIpc) is 2.52. The number of fused-ring (bicyclic) bond motifs is 1. The fraction of sp³-hybridized carbons (Fsp3) is 0.222. The minimum absolute atomic E-state index is 0.106. The number of hydrogen-bond donors (Lipinski definition) is 1. The van der Waals surface area contributed by atoms with Gasteiger partial charge >= 0.3 is 0 Å². The predicted molar refractivity (Wildman–Crippen MR) is 86.5 cm³/mol. The van der Waals surface area contributed by atoms with Crippen LogP contribution < -0.4 is 9.64 Å². The van der Waals surface area contributed by atoms with E-state index in [0.717, 1.165) is 11.3 Å². The molecule has 2 atom stereocenters. The van der Waals surface area contributed by atoms with E-state index in [9.17, 15) is 9.65 Å². The van der Waals surface area contributed by atoms with Crippen molar-refractivity contribution in [2.75, 3.05) is 19.0 Å². The van der Waals surface area contributed by atoms with Crippen molar-refractivity contribution < 1.29 is 9.13 Å². The number of nitrogens with zero attached hydrogens (tertiary/aromatic N) is 2. The molecule has 0 aliphatic carbocycles. The first-order valence-corrected chi connectivity index (χ1v) is 7.24. The van der Waals surface area contributed by atoms with Crippen molar-refractivity contribution in [2.45, 2.75) is 5.92 Å². The molecule has 1 aliphatic heterocycles. The number of rotatable bonds is 2. The molecule has 0 saturated heterocycles. The third kappa shape index (κ3) is 2.64. The molecular formula is C18H16FN3O. The first-order chi connectivity index (χ1) is 11.0. The van der Waals surface area contributed by atoms with Crippen molar-refractivity contribution in [3.05, 3.63) is 59.4 Å². The molecule has 2 unspecified atom stereocenters. The summed E-state index contributed by atoms with van der Waals surface area (Å²) in [5, 5.41) is 17.5.